The molecule has 0 saturated carbocycles. The summed E-state index contributed by atoms with van der Waals surface area (Å²) in [4.78, 5) is 11.8. The molecule has 0 heterocycles. The number of nitrogens with one attached hydrogen (secondary N) is 2. The van der Waals surface area contributed by atoms with Crippen molar-refractivity contribution in [1.82, 2.24) is 0 Å². The van der Waals surface area contributed by atoms with Gasteiger partial charge in [0.1, 0.15) is 5.82 Å². The van der Waals surface area contributed by atoms with Crippen LogP contribution in [-0.4, -0.2) is 12.5 Å². The minimum Gasteiger partial charge on any atom is -0.385 e. The summed E-state index contributed by atoms with van der Waals surface area (Å²) in [7, 11) is 0. The molecule has 0 aliphatic carbocycles. The van der Waals surface area contributed by atoms with Crippen molar-refractivity contribution in [3.63, 3.8) is 0 Å². The molecule has 21 heavy (non-hydrogen) atoms. The molecule has 0 spiro atoms. The van der Waals surface area contributed by atoms with Gasteiger partial charge in [0.05, 0.1) is 0 Å². The van der Waals surface area contributed by atoms with Crippen LogP contribution in [0.4, 0.5) is 15.8 Å². The third-order valence-electron chi connectivity index (χ3n) is 2.98. The molecule has 0 fully saturated rings. The summed E-state index contributed by atoms with van der Waals surface area (Å²) in [5.74, 6) is -0.344. The van der Waals surface area contributed by atoms with E-state index in [2.05, 4.69) is 26.6 Å². The lowest BCUT2D eigenvalue weighted by Crippen LogP contribution is -2.16. The lowest BCUT2D eigenvalue weighted by Gasteiger charge is -2.08. The van der Waals surface area contributed by atoms with Crippen LogP contribution < -0.4 is 10.6 Å². The van der Waals surface area contributed by atoms with Crippen molar-refractivity contribution in [2.24, 2.45) is 0 Å². The van der Waals surface area contributed by atoms with Crippen molar-refractivity contribution in [2.45, 2.75) is 13.3 Å². The zero-order chi connectivity index (χ0) is 15.2. The van der Waals surface area contributed by atoms with E-state index in [0.29, 0.717) is 13.0 Å². The van der Waals surface area contributed by atoms with E-state index in [0.717, 1.165) is 21.4 Å². The number of carbonyl (C=O) groups excluding carboxylic acids is 1. The largest absolute Gasteiger partial charge is 0.385 e. The number of carbonyl (C=O) groups is 1. The highest BCUT2D eigenvalue weighted by atomic mass is 79.9. The zero-order valence-electron chi connectivity index (χ0n) is 11.6. The van der Waals surface area contributed by atoms with Crippen LogP contribution in [0.25, 0.3) is 0 Å². The first-order valence-electron chi connectivity index (χ1n) is 6.60. The van der Waals surface area contributed by atoms with Crippen LogP contribution in [0.3, 0.4) is 0 Å². The fourth-order valence-corrected chi connectivity index (χ4v) is 2.16. The highest BCUT2D eigenvalue weighted by Crippen LogP contribution is 2.20. The number of anilines is 2. The van der Waals surface area contributed by atoms with Gasteiger partial charge in [0.25, 0.3) is 0 Å². The van der Waals surface area contributed by atoms with E-state index in [9.17, 15) is 9.18 Å². The molecule has 0 atom stereocenters. The second-order valence-corrected chi connectivity index (χ2v) is 5.55. The van der Waals surface area contributed by atoms with Crippen molar-refractivity contribution < 1.29 is 9.18 Å². The number of hydrogen-bond acceptors (Lipinski definition) is 2. The molecule has 1 amide bonds. The molecule has 0 saturated heterocycles. The molecule has 2 rings (SSSR count). The lowest BCUT2D eigenvalue weighted by molar-refractivity contribution is -0.115. The van der Waals surface area contributed by atoms with Gasteiger partial charge in [-0.05, 0) is 48.9 Å². The minimum atomic E-state index is -0.275. The van der Waals surface area contributed by atoms with Crippen molar-refractivity contribution >= 4 is 33.2 Å². The van der Waals surface area contributed by atoms with Crippen LogP contribution >= 0.6 is 15.9 Å². The van der Waals surface area contributed by atoms with E-state index in [1.54, 1.807) is 12.1 Å². The highest BCUT2D eigenvalue weighted by Gasteiger charge is 2.04. The SMILES string of the molecule is Cc1ccc(NC(=O)CCNc2ccc(F)cc2)cc1Br. The highest BCUT2D eigenvalue weighted by molar-refractivity contribution is 9.10. The number of aryl methyl sites for hydroxylation is 1. The number of benzene rings is 2. The molecule has 110 valence electrons. The van der Waals surface area contributed by atoms with Crippen molar-refractivity contribution in [3.05, 3.63) is 58.3 Å². The Morgan fingerprint density at radius 2 is 1.81 bits per heavy atom. The molecule has 0 bridgehead atoms. The molecule has 2 aromatic rings. The topological polar surface area (TPSA) is 41.1 Å². The van der Waals surface area contributed by atoms with E-state index >= 15 is 0 Å². The van der Waals surface area contributed by atoms with Gasteiger partial charge in [0, 0.05) is 28.8 Å². The van der Waals surface area contributed by atoms with E-state index in [-0.39, 0.29) is 11.7 Å². The molecule has 2 aromatic carbocycles. The Morgan fingerprint density at radius 3 is 2.48 bits per heavy atom. The van der Waals surface area contributed by atoms with Gasteiger partial charge >= 0.3 is 0 Å². The first-order valence-corrected chi connectivity index (χ1v) is 7.39. The van der Waals surface area contributed by atoms with Gasteiger partial charge in [-0.2, -0.15) is 0 Å². The number of amides is 1. The molecular weight excluding hydrogens is 335 g/mol. The first-order chi connectivity index (χ1) is 10.0. The maximum atomic E-state index is 12.7. The van der Waals surface area contributed by atoms with E-state index in [4.69, 9.17) is 0 Å². The van der Waals surface area contributed by atoms with Crippen molar-refractivity contribution in [1.29, 1.82) is 0 Å². The second kappa shape index (κ2) is 7.22. The molecular formula is C16H16BrFN2O. The summed E-state index contributed by atoms with van der Waals surface area (Å²) in [6.45, 7) is 2.48. The molecule has 2 N–H and O–H groups in total. The summed E-state index contributed by atoms with van der Waals surface area (Å²) in [5, 5.41) is 5.91. The van der Waals surface area contributed by atoms with E-state index < -0.39 is 0 Å². The predicted molar refractivity (Wildman–Crippen MR) is 87.0 cm³/mol. The van der Waals surface area contributed by atoms with Crippen LogP contribution in [-0.2, 0) is 4.79 Å². The van der Waals surface area contributed by atoms with Gasteiger partial charge < -0.3 is 10.6 Å². The monoisotopic (exact) mass is 350 g/mol. The molecule has 3 nitrogen and oxygen atoms in total. The third kappa shape index (κ3) is 4.86. The molecule has 0 radical (unpaired) electrons. The quantitative estimate of drug-likeness (QED) is 0.842. The van der Waals surface area contributed by atoms with Crippen molar-refractivity contribution in [3.8, 4) is 0 Å². The first kappa shape index (κ1) is 15.5. The van der Waals surface area contributed by atoms with Gasteiger partial charge in [-0.1, -0.05) is 22.0 Å². The average Bonchev–Trinajstić information content (AvgIpc) is 2.45. The summed E-state index contributed by atoms with van der Waals surface area (Å²) in [6, 6.07) is 11.7. The van der Waals surface area contributed by atoms with Crippen LogP contribution in [0.1, 0.15) is 12.0 Å². The van der Waals surface area contributed by atoms with E-state index in [1.807, 2.05) is 25.1 Å². The third-order valence-corrected chi connectivity index (χ3v) is 3.84. The van der Waals surface area contributed by atoms with Crippen LogP contribution in [0.15, 0.2) is 46.9 Å². The van der Waals surface area contributed by atoms with Gasteiger partial charge in [-0.3, -0.25) is 4.79 Å². The Hall–Kier alpha value is -1.88. The lowest BCUT2D eigenvalue weighted by atomic mass is 10.2. The Balaban J connectivity index is 1.79. The number of halogens is 2. The summed E-state index contributed by atoms with van der Waals surface area (Å²) >= 11 is 3.43. The smallest absolute Gasteiger partial charge is 0.226 e. The van der Waals surface area contributed by atoms with Gasteiger partial charge in [0.15, 0.2) is 0 Å². The summed E-state index contributed by atoms with van der Waals surface area (Å²) in [5.41, 5.74) is 2.67. The zero-order valence-corrected chi connectivity index (χ0v) is 13.2. The van der Waals surface area contributed by atoms with Gasteiger partial charge in [-0.15, -0.1) is 0 Å². The molecule has 5 heteroatoms. The number of rotatable bonds is 5. The summed E-state index contributed by atoms with van der Waals surface area (Å²) < 4.78 is 13.7. The normalized spacial score (nSPS) is 10.2. The van der Waals surface area contributed by atoms with Crippen LogP contribution in [0, 0.1) is 12.7 Å². The fourth-order valence-electron chi connectivity index (χ4n) is 1.78. The second-order valence-electron chi connectivity index (χ2n) is 4.70. The Morgan fingerprint density at radius 1 is 1.14 bits per heavy atom. The number of hydrogen-bond donors (Lipinski definition) is 2. The Kier molecular flexibility index (Phi) is 5.33. The fraction of sp³-hybridized carbons (Fsp3) is 0.188. The molecule has 0 unspecified atom stereocenters. The van der Waals surface area contributed by atoms with Crippen LogP contribution in [0.5, 0.6) is 0 Å². The Bertz CT molecular complexity index is 629. The van der Waals surface area contributed by atoms with E-state index in [1.165, 1.54) is 12.1 Å². The molecule has 0 aliphatic heterocycles. The maximum absolute atomic E-state index is 12.7. The van der Waals surface area contributed by atoms with Gasteiger partial charge in [0.2, 0.25) is 5.91 Å². The maximum Gasteiger partial charge on any atom is 0.226 e. The van der Waals surface area contributed by atoms with Crippen molar-refractivity contribution in [2.75, 3.05) is 17.2 Å². The molecule has 0 aliphatic rings. The minimum absolute atomic E-state index is 0.0691. The standard InChI is InChI=1S/C16H16BrFN2O/c1-11-2-5-14(10-15(11)17)20-16(21)8-9-19-13-6-3-12(18)4-7-13/h2-7,10,19H,8-9H2,1H3,(H,20,21). The van der Waals surface area contributed by atoms with Gasteiger partial charge in [-0.25, -0.2) is 4.39 Å². The predicted octanol–water partition coefficient (Wildman–Crippen LogP) is 4.34. The molecule has 0 aromatic heterocycles. The summed E-state index contributed by atoms with van der Waals surface area (Å²) in [6.07, 6.45) is 0.336. The average molecular weight is 351 g/mol. The Labute approximate surface area is 131 Å². The van der Waals surface area contributed by atoms with Crippen LogP contribution in [0.2, 0.25) is 0 Å².